The number of benzene rings is 1. The molecule has 2 heterocycles. The van der Waals surface area contributed by atoms with Crippen molar-refractivity contribution in [1.82, 2.24) is 9.55 Å². The van der Waals surface area contributed by atoms with Crippen LogP contribution in [0.4, 0.5) is 5.69 Å². The first-order valence-electron chi connectivity index (χ1n) is 7.82. The highest BCUT2D eigenvalue weighted by atomic mass is 32.1. The van der Waals surface area contributed by atoms with E-state index in [0.717, 1.165) is 11.3 Å². The van der Waals surface area contributed by atoms with E-state index in [4.69, 9.17) is 4.74 Å². The Labute approximate surface area is 151 Å². The summed E-state index contributed by atoms with van der Waals surface area (Å²) in [5, 5.41) is 11.5. The fourth-order valence-electron chi connectivity index (χ4n) is 2.67. The van der Waals surface area contributed by atoms with Crippen molar-refractivity contribution < 1.29 is 14.5 Å². The summed E-state index contributed by atoms with van der Waals surface area (Å²) in [7, 11) is 0. The molecule has 1 aromatic carbocycles. The van der Waals surface area contributed by atoms with Crippen molar-refractivity contribution in [1.29, 1.82) is 0 Å². The second kappa shape index (κ2) is 7.04. The molecule has 0 aliphatic heterocycles. The fraction of sp³-hybridized carbons (Fsp3) is 0.235. The van der Waals surface area contributed by atoms with Crippen molar-refractivity contribution in [2.75, 3.05) is 6.61 Å². The van der Waals surface area contributed by atoms with Gasteiger partial charge in [-0.25, -0.2) is 9.78 Å². The Bertz CT molecular complexity index is 1070. The predicted octanol–water partition coefficient (Wildman–Crippen LogP) is 2.90. The number of nitrogens with zero attached hydrogens (tertiary/aromatic N) is 3. The van der Waals surface area contributed by atoms with Crippen LogP contribution in [0, 0.1) is 17.0 Å². The summed E-state index contributed by atoms with van der Waals surface area (Å²) in [5.74, 6) is -0.488. The highest BCUT2D eigenvalue weighted by Crippen LogP contribution is 2.27. The Hall–Kier alpha value is -3.07. The zero-order chi connectivity index (χ0) is 18.8. The average molecular weight is 373 g/mol. The van der Waals surface area contributed by atoms with Crippen LogP contribution in [0.3, 0.4) is 0 Å². The van der Waals surface area contributed by atoms with Crippen molar-refractivity contribution in [3.8, 4) is 0 Å². The number of aromatic nitrogens is 2. The van der Waals surface area contributed by atoms with Crippen LogP contribution in [0.25, 0.3) is 10.2 Å². The topological polar surface area (TPSA) is 104 Å². The van der Waals surface area contributed by atoms with Gasteiger partial charge in [0.25, 0.3) is 11.2 Å². The molecule has 134 valence electrons. The number of ether oxygens (including phenoxy) is 1. The third-order valence-corrected chi connectivity index (χ3v) is 5.09. The molecule has 0 radical (unpaired) electrons. The Morgan fingerprint density at radius 1 is 1.38 bits per heavy atom. The molecule has 0 saturated heterocycles. The molecule has 2 aromatic heterocycles. The van der Waals surface area contributed by atoms with Gasteiger partial charge >= 0.3 is 5.97 Å². The van der Waals surface area contributed by atoms with Crippen molar-refractivity contribution in [3.63, 3.8) is 0 Å². The number of para-hydroxylation sites is 1. The number of hydrogen-bond acceptors (Lipinski definition) is 7. The average Bonchev–Trinajstić information content (AvgIpc) is 2.95. The van der Waals surface area contributed by atoms with E-state index >= 15 is 0 Å². The molecule has 0 N–H and O–H groups in total. The molecule has 0 spiro atoms. The molecule has 0 unspecified atom stereocenters. The van der Waals surface area contributed by atoms with E-state index in [-0.39, 0.29) is 24.4 Å². The van der Waals surface area contributed by atoms with E-state index in [0.29, 0.717) is 26.2 Å². The van der Waals surface area contributed by atoms with Gasteiger partial charge < -0.3 is 4.74 Å². The maximum absolute atomic E-state index is 12.8. The molecule has 0 bridgehead atoms. The first-order chi connectivity index (χ1) is 12.4. The van der Waals surface area contributed by atoms with Gasteiger partial charge in [-0.1, -0.05) is 18.2 Å². The smallest absolute Gasteiger partial charge is 0.348 e. The van der Waals surface area contributed by atoms with Gasteiger partial charge in [0.2, 0.25) is 0 Å². The second-order valence-electron chi connectivity index (χ2n) is 5.52. The third-order valence-electron chi connectivity index (χ3n) is 3.91. The summed E-state index contributed by atoms with van der Waals surface area (Å²) in [6.45, 7) is 3.63. The number of hydrogen-bond donors (Lipinski definition) is 0. The summed E-state index contributed by atoms with van der Waals surface area (Å²) < 4.78 is 6.31. The molecule has 0 saturated carbocycles. The summed E-state index contributed by atoms with van der Waals surface area (Å²) in [4.78, 5) is 40.5. The summed E-state index contributed by atoms with van der Waals surface area (Å²) in [5.41, 5.74) is 0.503. The van der Waals surface area contributed by atoms with Crippen LogP contribution in [-0.2, 0) is 11.3 Å². The lowest BCUT2D eigenvalue weighted by Gasteiger charge is -2.06. The van der Waals surface area contributed by atoms with Crippen molar-refractivity contribution >= 4 is 33.2 Å². The van der Waals surface area contributed by atoms with Gasteiger partial charge in [-0.05, 0) is 19.4 Å². The largest absolute Gasteiger partial charge is 0.462 e. The molecular formula is C17H15N3O5S. The maximum Gasteiger partial charge on any atom is 0.348 e. The van der Waals surface area contributed by atoms with Gasteiger partial charge in [0, 0.05) is 11.6 Å². The van der Waals surface area contributed by atoms with Gasteiger partial charge in [0.1, 0.15) is 9.71 Å². The Kier molecular flexibility index (Phi) is 4.81. The van der Waals surface area contributed by atoms with E-state index in [1.165, 1.54) is 17.0 Å². The number of nitro benzene ring substituents is 1. The molecule has 0 atom stereocenters. The monoisotopic (exact) mass is 373 g/mol. The Balaban J connectivity index is 2.08. The molecule has 3 rings (SSSR count). The quantitative estimate of drug-likeness (QED) is 0.387. The Morgan fingerprint density at radius 2 is 2.12 bits per heavy atom. The van der Waals surface area contributed by atoms with Gasteiger partial charge in [-0.2, -0.15) is 0 Å². The molecule has 0 amide bonds. The molecule has 8 nitrogen and oxygen atoms in total. The van der Waals surface area contributed by atoms with E-state index in [1.807, 2.05) is 0 Å². The first kappa shape index (κ1) is 17.7. The first-order valence-corrected chi connectivity index (χ1v) is 8.63. The molecule has 26 heavy (non-hydrogen) atoms. The lowest BCUT2D eigenvalue weighted by Crippen LogP contribution is -2.21. The number of carbonyl (C=O) groups is 1. The molecule has 9 heteroatoms. The number of nitro groups is 1. The van der Waals surface area contributed by atoms with Crippen LogP contribution in [0.2, 0.25) is 0 Å². The minimum Gasteiger partial charge on any atom is -0.462 e. The van der Waals surface area contributed by atoms with Crippen LogP contribution >= 0.6 is 11.3 Å². The highest BCUT2D eigenvalue weighted by Gasteiger charge is 2.21. The molecule has 0 fully saturated rings. The van der Waals surface area contributed by atoms with E-state index in [2.05, 4.69) is 4.98 Å². The molecular weight excluding hydrogens is 358 g/mol. The van der Waals surface area contributed by atoms with Gasteiger partial charge in [0.05, 0.1) is 29.8 Å². The molecule has 3 aromatic rings. The minimum atomic E-state index is -0.488. The van der Waals surface area contributed by atoms with Gasteiger partial charge in [-0.15, -0.1) is 11.3 Å². The Morgan fingerprint density at radius 3 is 2.81 bits per heavy atom. The number of aryl methyl sites for hydroxylation is 1. The van der Waals surface area contributed by atoms with E-state index in [1.54, 1.807) is 32.0 Å². The zero-order valence-electron chi connectivity index (χ0n) is 14.1. The molecule has 0 aliphatic carbocycles. The number of rotatable bonds is 5. The number of thiophene rings is 1. The SMILES string of the molecule is CCOC(=O)c1sc2ncn(Cc3ccccc3[N+](=O)[O-])c(=O)c2c1C. The standard InChI is InChI=1S/C17H15N3O5S/c1-3-25-17(22)14-10(2)13-15(26-14)18-9-19(16(13)21)8-11-6-4-5-7-12(11)20(23)24/h4-7,9H,3,8H2,1-2H3. The fourth-order valence-corrected chi connectivity index (χ4v) is 3.70. The maximum atomic E-state index is 12.8. The lowest BCUT2D eigenvalue weighted by molar-refractivity contribution is -0.385. The summed E-state index contributed by atoms with van der Waals surface area (Å²) >= 11 is 1.10. The van der Waals surface area contributed by atoms with E-state index < -0.39 is 10.9 Å². The van der Waals surface area contributed by atoms with Gasteiger partial charge in [0.15, 0.2) is 0 Å². The third kappa shape index (κ3) is 3.08. The van der Waals surface area contributed by atoms with Crippen LogP contribution in [0.15, 0.2) is 35.4 Å². The normalized spacial score (nSPS) is 10.8. The minimum absolute atomic E-state index is 0.0168. The summed E-state index contributed by atoms with van der Waals surface area (Å²) in [6.07, 6.45) is 1.34. The van der Waals surface area contributed by atoms with Crippen molar-refractivity contribution in [2.45, 2.75) is 20.4 Å². The van der Waals surface area contributed by atoms with Crippen LogP contribution in [0.5, 0.6) is 0 Å². The second-order valence-corrected chi connectivity index (χ2v) is 6.52. The number of fused-ring (bicyclic) bond motifs is 1. The number of esters is 1. The van der Waals surface area contributed by atoms with Crippen molar-refractivity contribution in [3.05, 3.63) is 67.1 Å². The zero-order valence-corrected chi connectivity index (χ0v) is 14.9. The van der Waals surface area contributed by atoms with Crippen LogP contribution in [-0.4, -0.2) is 27.1 Å². The van der Waals surface area contributed by atoms with E-state index in [9.17, 15) is 19.7 Å². The number of carbonyl (C=O) groups excluding carboxylic acids is 1. The predicted molar refractivity (Wildman–Crippen MR) is 96.8 cm³/mol. The van der Waals surface area contributed by atoms with Crippen molar-refractivity contribution in [2.24, 2.45) is 0 Å². The van der Waals surface area contributed by atoms with Crippen LogP contribution < -0.4 is 5.56 Å². The summed E-state index contributed by atoms with van der Waals surface area (Å²) in [6, 6.07) is 6.23. The lowest BCUT2D eigenvalue weighted by atomic mass is 10.1. The molecule has 0 aliphatic rings. The highest BCUT2D eigenvalue weighted by molar-refractivity contribution is 7.20. The van der Waals surface area contributed by atoms with Gasteiger partial charge in [-0.3, -0.25) is 19.5 Å². The van der Waals surface area contributed by atoms with Crippen LogP contribution in [0.1, 0.15) is 27.7 Å².